The van der Waals surface area contributed by atoms with E-state index in [4.69, 9.17) is 15.9 Å². The van der Waals surface area contributed by atoms with Gasteiger partial charge in [-0.15, -0.1) is 0 Å². The van der Waals surface area contributed by atoms with Gasteiger partial charge in [0.25, 0.3) is 5.91 Å². The van der Waals surface area contributed by atoms with Crippen LogP contribution in [0.4, 0.5) is 5.69 Å². The van der Waals surface area contributed by atoms with Crippen LogP contribution in [0.2, 0.25) is 0 Å². The number of pyridine rings is 1. The van der Waals surface area contributed by atoms with Gasteiger partial charge < -0.3 is 21.3 Å². The first-order valence-electron chi connectivity index (χ1n) is 5.82. The molecule has 0 saturated carbocycles. The van der Waals surface area contributed by atoms with E-state index in [1.54, 1.807) is 24.3 Å². The summed E-state index contributed by atoms with van der Waals surface area (Å²) in [6, 6.07) is 6.99. The topological polar surface area (TPSA) is 126 Å². The number of carbonyl (C=O) groups excluding carboxylic acids is 1. The van der Waals surface area contributed by atoms with Crippen molar-refractivity contribution >= 4 is 28.5 Å². The molecule has 0 radical (unpaired) electrons. The van der Waals surface area contributed by atoms with Crippen molar-refractivity contribution < 1.29 is 19.8 Å². The Bertz CT molecular complexity index is 672. The fraction of sp³-hybridized carbons (Fsp3) is 0.154. The van der Waals surface area contributed by atoms with Gasteiger partial charge in [0.2, 0.25) is 0 Å². The maximum atomic E-state index is 11.9. The number of nitrogens with one attached hydrogen (secondary N) is 1. The number of nitrogen functional groups attached to an aromatic ring is 1. The maximum Gasteiger partial charge on any atom is 0.328 e. The summed E-state index contributed by atoms with van der Waals surface area (Å²) < 4.78 is 0. The number of aliphatic hydroxyl groups is 1. The third-order valence-electron chi connectivity index (χ3n) is 2.77. The second-order valence-electron chi connectivity index (χ2n) is 4.16. The van der Waals surface area contributed by atoms with E-state index < -0.39 is 24.5 Å². The molecule has 2 rings (SSSR count). The van der Waals surface area contributed by atoms with Gasteiger partial charge >= 0.3 is 5.97 Å². The summed E-state index contributed by atoms with van der Waals surface area (Å²) in [7, 11) is 0. The number of amides is 1. The van der Waals surface area contributed by atoms with Crippen molar-refractivity contribution in [3.05, 3.63) is 36.0 Å². The number of fused-ring (bicyclic) bond motifs is 1. The number of aliphatic carboxylic acids is 1. The van der Waals surface area contributed by atoms with Gasteiger partial charge in [-0.25, -0.2) is 9.78 Å². The molecule has 7 nitrogen and oxygen atoms in total. The molecule has 0 aliphatic carbocycles. The molecule has 1 amide bonds. The molecule has 0 saturated heterocycles. The minimum absolute atomic E-state index is 0.0371. The number of carbonyl (C=O) groups is 2. The van der Waals surface area contributed by atoms with E-state index in [-0.39, 0.29) is 5.69 Å². The number of aliphatic hydroxyl groups excluding tert-OH is 1. The SMILES string of the molecule is Nc1cccc2ccc(C(=O)NC(CO)C(=O)O)nc12. The molecule has 0 aliphatic heterocycles. The largest absolute Gasteiger partial charge is 0.480 e. The van der Waals surface area contributed by atoms with Crippen LogP contribution < -0.4 is 11.1 Å². The van der Waals surface area contributed by atoms with Gasteiger partial charge in [0, 0.05) is 5.39 Å². The van der Waals surface area contributed by atoms with Crippen molar-refractivity contribution in [3.8, 4) is 0 Å². The van der Waals surface area contributed by atoms with Crippen molar-refractivity contribution in [1.29, 1.82) is 0 Å². The van der Waals surface area contributed by atoms with Crippen molar-refractivity contribution in [2.75, 3.05) is 12.3 Å². The van der Waals surface area contributed by atoms with Crippen LogP contribution in [0.3, 0.4) is 0 Å². The predicted octanol–water partition coefficient (Wildman–Crippen LogP) is -0.00770. The number of rotatable bonds is 4. The zero-order valence-corrected chi connectivity index (χ0v) is 10.4. The first kappa shape index (κ1) is 13.8. The monoisotopic (exact) mass is 275 g/mol. The number of nitrogens with two attached hydrogens (primary N) is 1. The van der Waals surface area contributed by atoms with Crippen LogP contribution in [0, 0.1) is 0 Å². The van der Waals surface area contributed by atoms with Crippen molar-refractivity contribution in [2.45, 2.75) is 6.04 Å². The number of carboxylic acids is 1. The van der Waals surface area contributed by atoms with Gasteiger partial charge in [0.05, 0.1) is 17.8 Å². The zero-order valence-electron chi connectivity index (χ0n) is 10.4. The molecule has 1 atom stereocenters. The summed E-state index contributed by atoms with van der Waals surface area (Å²) in [5, 5.41) is 20.6. The number of hydrogen-bond acceptors (Lipinski definition) is 5. The highest BCUT2D eigenvalue weighted by atomic mass is 16.4. The van der Waals surface area contributed by atoms with Crippen LogP contribution in [-0.4, -0.2) is 39.7 Å². The fourth-order valence-electron chi connectivity index (χ4n) is 1.71. The molecule has 0 spiro atoms. The van der Waals surface area contributed by atoms with Crippen LogP contribution >= 0.6 is 0 Å². The summed E-state index contributed by atoms with van der Waals surface area (Å²) in [5.41, 5.74) is 6.70. The fourth-order valence-corrected chi connectivity index (χ4v) is 1.71. The first-order valence-corrected chi connectivity index (χ1v) is 5.82. The van der Waals surface area contributed by atoms with E-state index in [9.17, 15) is 9.59 Å². The molecule has 5 N–H and O–H groups in total. The van der Waals surface area contributed by atoms with Crippen molar-refractivity contribution in [1.82, 2.24) is 10.3 Å². The Morgan fingerprint density at radius 3 is 2.70 bits per heavy atom. The standard InChI is InChI=1S/C13H13N3O4/c14-8-3-1-2-7-4-5-9(15-11(7)8)12(18)16-10(6-17)13(19)20/h1-5,10,17H,6,14H2,(H,16,18)(H,19,20). The molecule has 2 aromatic rings. The Labute approximate surface area is 114 Å². The van der Waals surface area contributed by atoms with E-state index in [0.29, 0.717) is 11.2 Å². The molecule has 7 heteroatoms. The molecular formula is C13H13N3O4. The highest BCUT2D eigenvalue weighted by molar-refractivity contribution is 5.98. The average molecular weight is 275 g/mol. The lowest BCUT2D eigenvalue weighted by Gasteiger charge is -2.11. The third kappa shape index (κ3) is 2.67. The van der Waals surface area contributed by atoms with Crippen LogP contribution in [0.5, 0.6) is 0 Å². The number of para-hydroxylation sites is 1. The molecule has 1 unspecified atom stereocenters. The number of nitrogens with zero attached hydrogens (tertiary/aromatic N) is 1. The van der Waals surface area contributed by atoms with Gasteiger partial charge in [0.1, 0.15) is 5.69 Å². The molecule has 1 aromatic heterocycles. The zero-order chi connectivity index (χ0) is 14.7. The summed E-state index contributed by atoms with van der Waals surface area (Å²) in [5.74, 6) is -2.00. The smallest absolute Gasteiger partial charge is 0.328 e. The number of aromatic nitrogens is 1. The summed E-state index contributed by atoms with van der Waals surface area (Å²) in [4.78, 5) is 26.7. The van der Waals surface area contributed by atoms with Gasteiger partial charge in [-0.1, -0.05) is 18.2 Å². The van der Waals surface area contributed by atoms with Gasteiger partial charge in [-0.2, -0.15) is 0 Å². The minimum atomic E-state index is -1.37. The lowest BCUT2D eigenvalue weighted by Crippen LogP contribution is -2.43. The van der Waals surface area contributed by atoms with Crippen LogP contribution in [0.25, 0.3) is 10.9 Å². The highest BCUT2D eigenvalue weighted by Crippen LogP contribution is 2.18. The van der Waals surface area contributed by atoms with Gasteiger partial charge in [-0.3, -0.25) is 4.79 Å². The molecule has 0 bridgehead atoms. The van der Waals surface area contributed by atoms with Crippen LogP contribution in [-0.2, 0) is 4.79 Å². The average Bonchev–Trinajstić information content (AvgIpc) is 2.44. The number of hydrogen-bond donors (Lipinski definition) is 4. The maximum absolute atomic E-state index is 11.9. The van der Waals surface area contributed by atoms with Gasteiger partial charge in [0.15, 0.2) is 6.04 Å². The summed E-state index contributed by atoms with van der Waals surface area (Å²) >= 11 is 0. The van der Waals surface area contributed by atoms with Crippen molar-refractivity contribution in [2.24, 2.45) is 0 Å². The molecule has 1 aromatic carbocycles. The lowest BCUT2D eigenvalue weighted by atomic mass is 10.1. The lowest BCUT2D eigenvalue weighted by molar-refractivity contribution is -0.140. The number of carboxylic acid groups (broad SMARTS) is 1. The second-order valence-corrected chi connectivity index (χ2v) is 4.16. The Morgan fingerprint density at radius 1 is 1.30 bits per heavy atom. The summed E-state index contributed by atoms with van der Waals surface area (Å²) in [6.07, 6.45) is 0. The molecule has 0 aliphatic rings. The molecule has 1 heterocycles. The van der Waals surface area contributed by atoms with Gasteiger partial charge in [-0.05, 0) is 12.1 Å². The van der Waals surface area contributed by atoms with Crippen LogP contribution in [0.15, 0.2) is 30.3 Å². The molecular weight excluding hydrogens is 262 g/mol. The number of benzene rings is 1. The second kappa shape index (κ2) is 5.54. The third-order valence-corrected chi connectivity index (χ3v) is 2.77. The minimum Gasteiger partial charge on any atom is -0.480 e. The Kier molecular flexibility index (Phi) is 3.81. The molecule has 20 heavy (non-hydrogen) atoms. The van der Waals surface area contributed by atoms with Crippen LogP contribution in [0.1, 0.15) is 10.5 Å². The molecule has 0 fully saturated rings. The first-order chi connectivity index (χ1) is 9.52. The van der Waals surface area contributed by atoms with E-state index in [1.807, 2.05) is 0 Å². The van der Waals surface area contributed by atoms with E-state index >= 15 is 0 Å². The van der Waals surface area contributed by atoms with E-state index in [2.05, 4.69) is 10.3 Å². The van der Waals surface area contributed by atoms with E-state index in [1.165, 1.54) is 6.07 Å². The number of anilines is 1. The Balaban J connectivity index is 2.31. The Morgan fingerprint density at radius 2 is 2.05 bits per heavy atom. The predicted molar refractivity (Wildman–Crippen MR) is 72.1 cm³/mol. The van der Waals surface area contributed by atoms with Crippen molar-refractivity contribution in [3.63, 3.8) is 0 Å². The molecule has 104 valence electrons. The van der Waals surface area contributed by atoms with E-state index in [0.717, 1.165) is 5.39 Å². The Hall–Kier alpha value is -2.67. The summed E-state index contributed by atoms with van der Waals surface area (Å²) in [6.45, 7) is -0.698. The normalized spacial score (nSPS) is 12.1. The quantitative estimate of drug-likeness (QED) is 0.581. The highest BCUT2D eigenvalue weighted by Gasteiger charge is 2.20.